The van der Waals surface area contributed by atoms with E-state index < -0.39 is 23.6 Å². The Morgan fingerprint density at radius 2 is 1.23 bits per heavy atom. The van der Waals surface area contributed by atoms with Crippen LogP contribution in [0, 0.1) is 0 Å². The SMILES string of the molecule is O=C1C=CC(=O)N1N=C1C=CCC(=NN2C(=O)C=CC2=O)C1. The van der Waals surface area contributed by atoms with E-state index in [9.17, 15) is 19.2 Å². The molecule has 110 valence electrons. The van der Waals surface area contributed by atoms with E-state index in [4.69, 9.17) is 0 Å². The lowest BCUT2D eigenvalue weighted by atomic mass is 10.0. The second kappa shape index (κ2) is 5.32. The van der Waals surface area contributed by atoms with Crippen LogP contribution in [0.15, 0.2) is 46.7 Å². The average molecular weight is 298 g/mol. The summed E-state index contributed by atoms with van der Waals surface area (Å²) in [5, 5.41) is 9.53. The summed E-state index contributed by atoms with van der Waals surface area (Å²) in [6, 6.07) is 0. The Hall–Kier alpha value is -3.16. The van der Waals surface area contributed by atoms with Crippen LogP contribution in [0.5, 0.6) is 0 Å². The number of imide groups is 2. The summed E-state index contributed by atoms with van der Waals surface area (Å²) < 4.78 is 0. The lowest BCUT2D eigenvalue weighted by molar-refractivity contribution is -0.138. The number of carbonyl (C=O) groups excluding carboxylic acids is 4. The molecule has 0 aromatic rings. The molecule has 0 aromatic heterocycles. The molecule has 0 atom stereocenters. The van der Waals surface area contributed by atoms with Gasteiger partial charge in [-0.15, -0.1) is 0 Å². The minimum atomic E-state index is -0.510. The van der Waals surface area contributed by atoms with Crippen LogP contribution in [0.2, 0.25) is 0 Å². The van der Waals surface area contributed by atoms with Crippen LogP contribution in [0.4, 0.5) is 0 Å². The Balaban J connectivity index is 1.78. The molecule has 0 radical (unpaired) electrons. The largest absolute Gasteiger partial charge is 0.274 e. The quantitative estimate of drug-likeness (QED) is 0.664. The molecular weight excluding hydrogens is 288 g/mol. The zero-order valence-electron chi connectivity index (χ0n) is 11.3. The fourth-order valence-corrected chi connectivity index (χ4v) is 2.07. The van der Waals surface area contributed by atoms with Gasteiger partial charge in [-0.3, -0.25) is 19.2 Å². The zero-order chi connectivity index (χ0) is 15.7. The van der Waals surface area contributed by atoms with Crippen molar-refractivity contribution >= 4 is 35.1 Å². The summed E-state index contributed by atoms with van der Waals surface area (Å²) in [5.74, 6) is -2.02. The van der Waals surface area contributed by atoms with Crippen LogP contribution in [0.1, 0.15) is 12.8 Å². The Morgan fingerprint density at radius 3 is 1.77 bits per heavy atom. The van der Waals surface area contributed by atoms with E-state index in [0.29, 0.717) is 17.8 Å². The molecule has 3 rings (SSSR count). The van der Waals surface area contributed by atoms with Crippen molar-refractivity contribution in [3.63, 3.8) is 0 Å². The number of amides is 4. The van der Waals surface area contributed by atoms with E-state index in [1.165, 1.54) is 0 Å². The van der Waals surface area contributed by atoms with Crippen molar-refractivity contribution in [2.45, 2.75) is 12.8 Å². The molecular formula is C14H10N4O4. The van der Waals surface area contributed by atoms with Gasteiger partial charge in [-0.2, -0.15) is 20.2 Å². The van der Waals surface area contributed by atoms with Crippen LogP contribution < -0.4 is 0 Å². The molecule has 0 N–H and O–H groups in total. The van der Waals surface area contributed by atoms with E-state index in [-0.39, 0.29) is 6.42 Å². The maximum atomic E-state index is 11.5. The number of nitrogens with zero attached hydrogens (tertiary/aromatic N) is 4. The highest BCUT2D eigenvalue weighted by atomic mass is 16.2. The molecule has 0 saturated carbocycles. The molecule has 22 heavy (non-hydrogen) atoms. The van der Waals surface area contributed by atoms with Gasteiger partial charge in [-0.05, 0) is 6.08 Å². The third-order valence-electron chi connectivity index (χ3n) is 3.09. The molecule has 2 heterocycles. The van der Waals surface area contributed by atoms with Gasteiger partial charge in [0.15, 0.2) is 0 Å². The molecule has 0 aromatic carbocycles. The summed E-state index contributed by atoms with van der Waals surface area (Å²) in [6.07, 6.45) is 8.67. The van der Waals surface area contributed by atoms with Gasteiger partial charge >= 0.3 is 0 Å². The molecule has 2 aliphatic heterocycles. The van der Waals surface area contributed by atoms with Crippen molar-refractivity contribution < 1.29 is 19.2 Å². The van der Waals surface area contributed by atoms with Gasteiger partial charge < -0.3 is 0 Å². The van der Waals surface area contributed by atoms with Crippen LogP contribution in [-0.2, 0) is 19.2 Å². The van der Waals surface area contributed by atoms with Crippen molar-refractivity contribution in [2.75, 3.05) is 0 Å². The summed E-state index contributed by atoms with van der Waals surface area (Å²) in [5.41, 5.74) is 0.987. The van der Waals surface area contributed by atoms with Crippen molar-refractivity contribution in [1.29, 1.82) is 0 Å². The Kier molecular flexibility index (Phi) is 3.34. The van der Waals surface area contributed by atoms with Gasteiger partial charge in [0.2, 0.25) is 0 Å². The van der Waals surface area contributed by atoms with Crippen LogP contribution in [0.3, 0.4) is 0 Å². The van der Waals surface area contributed by atoms with Crippen LogP contribution in [0.25, 0.3) is 0 Å². The molecule has 0 fully saturated rings. The lowest BCUT2D eigenvalue weighted by Crippen LogP contribution is -2.28. The predicted molar refractivity (Wildman–Crippen MR) is 75.2 cm³/mol. The lowest BCUT2D eigenvalue weighted by Gasteiger charge is -2.15. The van der Waals surface area contributed by atoms with E-state index in [1.54, 1.807) is 12.2 Å². The topological polar surface area (TPSA) is 99.5 Å². The highest BCUT2D eigenvalue weighted by Crippen LogP contribution is 2.13. The molecule has 0 saturated heterocycles. The van der Waals surface area contributed by atoms with Gasteiger partial charge in [-0.1, -0.05) is 6.08 Å². The molecule has 8 heteroatoms. The molecule has 3 aliphatic rings. The standard InChI is InChI=1S/C14H10N4O4/c19-11-4-5-12(20)17(11)15-9-2-1-3-10(8-9)16-18-13(21)6-7-14(18)22/h1-2,4-7H,3,8H2. The Morgan fingerprint density at radius 1 is 0.727 bits per heavy atom. The Labute approximate surface area is 124 Å². The molecule has 0 bridgehead atoms. The van der Waals surface area contributed by atoms with Gasteiger partial charge in [0.1, 0.15) is 0 Å². The fraction of sp³-hybridized carbons (Fsp3) is 0.143. The number of hydrazone groups is 2. The number of rotatable bonds is 2. The van der Waals surface area contributed by atoms with Crippen molar-refractivity contribution in [3.05, 3.63) is 36.5 Å². The summed E-state index contributed by atoms with van der Waals surface area (Å²) in [4.78, 5) is 45.8. The van der Waals surface area contributed by atoms with Gasteiger partial charge in [0.05, 0.1) is 5.71 Å². The molecule has 0 unspecified atom stereocenters. The third-order valence-corrected chi connectivity index (χ3v) is 3.09. The first-order valence-electron chi connectivity index (χ1n) is 6.47. The average Bonchev–Trinajstić information content (AvgIpc) is 2.98. The summed E-state index contributed by atoms with van der Waals surface area (Å²) in [6.45, 7) is 0. The smallest absolute Gasteiger partial charge is 0.267 e. The van der Waals surface area contributed by atoms with Crippen LogP contribution in [-0.4, -0.2) is 45.1 Å². The van der Waals surface area contributed by atoms with Crippen molar-refractivity contribution in [3.8, 4) is 0 Å². The van der Waals surface area contributed by atoms with Crippen molar-refractivity contribution in [2.24, 2.45) is 10.2 Å². The summed E-state index contributed by atoms with van der Waals surface area (Å²) in [7, 11) is 0. The third kappa shape index (κ3) is 2.53. The minimum absolute atomic E-state index is 0.241. The second-order valence-corrected chi connectivity index (χ2v) is 4.68. The second-order valence-electron chi connectivity index (χ2n) is 4.68. The van der Waals surface area contributed by atoms with E-state index in [2.05, 4.69) is 10.2 Å². The first-order chi connectivity index (χ1) is 10.5. The van der Waals surface area contributed by atoms with E-state index >= 15 is 0 Å². The highest BCUT2D eigenvalue weighted by Gasteiger charge is 2.26. The predicted octanol–water partition coefficient (Wildman–Crippen LogP) is -0.102. The van der Waals surface area contributed by atoms with Gasteiger partial charge in [-0.25, -0.2) is 0 Å². The number of hydrogen-bond acceptors (Lipinski definition) is 6. The maximum Gasteiger partial charge on any atom is 0.274 e. The monoisotopic (exact) mass is 298 g/mol. The molecule has 8 nitrogen and oxygen atoms in total. The van der Waals surface area contributed by atoms with Gasteiger partial charge in [0, 0.05) is 42.9 Å². The minimum Gasteiger partial charge on any atom is -0.267 e. The van der Waals surface area contributed by atoms with E-state index in [0.717, 1.165) is 34.3 Å². The van der Waals surface area contributed by atoms with Crippen molar-refractivity contribution in [1.82, 2.24) is 10.0 Å². The number of hydrogen-bond donors (Lipinski definition) is 0. The number of carbonyl (C=O) groups is 4. The van der Waals surface area contributed by atoms with Gasteiger partial charge in [0.25, 0.3) is 23.6 Å². The zero-order valence-corrected chi connectivity index (χ0v) is 11.3. The van der Waals surface area contributed by atoms with E-state index in [1.807, 2.05) is 0 Å². The highest BCUT2D eigenvalue weighted by molar-refractivity contribution is 6.17. The molecule has 4 amide bonds. The first-order valence-corrected chi connectivity index (χ1v) is 6.47. The maximum absolute atomic E-state index is 11.5. The molecule has 0 spiro atoms. The van der Waals surface area contributed by atoms with Crippen LogP contribution >= 0.6 is 0 Å². The number of allylic oxidation sites excluding steroid dienone is 2. The normalized spacial score (nSPS) is 24.7. The fourth-order valence-electron chi connectivity index (χ4n) is 2.07. The molecule has 1 aliphatic carbocycles. The Bertz CT molecular complexity index is 706. The first kappa shape index (κ1) is 13.8. The summed E-state index contributed by atoms with van der Waals surface area (Å²) >= 11 is 0.